The van der Waals surface area contributed by atoms with Gasteiger partial charge >= 0.3 is 5.97 Å². The molecule has 0 aliphatic carbocycles. The third-order valence-corrected chi connectivity index (χ3v) is 6.10. The third-order valence-electron chi connectivity index (χ3n) is 5.86. The Balaban J connectivity index is 2.16. The summed E-state index contributed by atoms with van der Waals surface area (Å²) in [5, 5.41) is 11.8. The fourth-order valence-electron chi connectivity index (χ4n) is 4.34. The van der Waals surface area contributed by atoms with Crippen LogP contribution in [0.4, 0.5) is 0 Å². The largest absolute Gasteiger partial charge is 0.507 e. The third kappa shape index (κ3) is 4.88. The lowest BCUT2D eigenvalue weighted by Crippen LogP contribution is -2.32. The number of nitrogens with zero attached hydrogens (tertiary/aromatic N) is 2. The molecular formula is C25H30ClN3O5. The smallest absolute Gasteiger partial charge is 0.355 e. The van der Waals surface area contributed by atoms with E-state index in [1.165, 1.54) is 4.90 Å². The van der Waals surface area contributed by atoms with Crippen LogP contribution in [0.5, 0.6) is 0 Å². The Morgan fingerprint density at radius 3 is 2.59 bits per heavy atom. The van der Waals surface area contributed by atoms with Crippen LogP contribution in [0.15, 0.2) is 29.8 Å². The molecule has 2 N–H and O–H groups in total. The van der Waals surface area contributed by atoms with E-state index in [0.717, 1.165) is 6.54 Å². The number of aliphatic hydroxyl groups excluding tert-OH is 1. The average molecular weight is 488 g/mol. The molecule has 1 saturated heterocycles. The van der Waals surface area contributed by atoms with E-state index in [-0.39, 0.29) is 23.6 Å². The molecule has 0 unspecified atom stereocenters. The standard InChI is InChI=1S/C25H30ClN3O5/c1-6-34-25(33)20-14(2)18(15(3)27-20)22(30)19-21(16-9-7-10-17(26)13-16)29(24(32)23(19)31)12-8-11-28(4)5/h7,9-10,13,21,27,30H,6,8,11-12H2,1-5H3/t21-/m0/s1. The number of halogens is 1. The summed E-state index contributed by atoms with van der Waals surface area (Å²) in [7, 11) is 3.86. The summed E-state index contributed by atoms with van der Waals surface area (Å²) in [5.74, 6) is -2.34. The molecule has 8 nitrogen and oxygen atoms in total. The zero-order valence-electron chi connectivity index (χ0n) is 20.1. The molecule has 0 bridgehead atoms. The number of ether oxygens (including phenoxy) is 1. The van der Waals surface area contributed by atoms with E-state index in [1.54, 1.807) is 45.0 Å². The number of carbonyl (C=O) groups is 3. The van der Waals surface area contributed by atoms with Gasteiger partial charge in [0.1, 0.15) is 11.5 Å². The van der Waals surface area contributed by atoms with E-state index in [1.807, 2.05) is 19.0 Å². The first-order valence-corrected chi connectivity index (χ1v) is 11.5. The minimum Gasteiger partial charge on any atom is -0.507 e. The lowest BCUT2D eigenvalue weighted by atomic mass is 9.94. The Hall–Kier alpha value is -3.10. The molecule has 1 aliphatic rings. The molecule has 1 aliphatic heterocycles. The van der Waals surface area contributed by atoms with Gasteiger partial charge < -0.3 is 24.6 Å². The van der Waals surface area contributed by atoms with Crippen molar-refractivity contribution in [2.24, 2.45) is 0 Å². The Labute approximate surface area is 204 Å². The van der Waals surface area contributed by atoms with Crippen LogP contribution in [0.3, 0.4) is 0 Å². The Morgan fingerprint density at radius 1 is 1.26 bits per heavy atom. The van der Waals surface area contributed by atoms with Crippen LogP contribution in [-0.4, -0.2) is 71.3 Å². The van der Waals surface area contributed by atoms with Crippen molar-refractivity contribution in [3.8, 4) is 0 Å². The van der Waals surface area contributed by atoms with Crippen molar-refractivity contribution < 1.29 is 24.2 Å². The van der Waals surface area contributed by atoms with E-state index in [9.17, 15) is 19.5 Å². The maximum Gasteiger partial charge on any atom is 0.355 e. The molecule has 34 heavy (non-hydrogen) atoms. The molecule has 1 aromatic carbocycles. The summed E-state index contributed by atoms with van der Waals surface area (Å²) in [4.78, 5) is 45.0. The summed E-state index contributed by atoms with van der Waals surface area (Å²) in [6.45, 7) is 6.30. The van der Waals surface area contributed by atoms with Gasteiger partial charge in [0.15, 0.2) is 0 Å². The Morgan fingerprint density at radius 2 is 1.97 bits per heavy atom. The maximum absolute atomic E-state index is 13.2. The number of amides is 1. The van der Waals surface area contributed by atoms with Gasteiger partial charge in [-0.15, -0.1) is 0 Å². The Bertz CT molecular complexity index is 1150. The summed E-state index contributed by atoms with van der Waals surface area (Å²) < 4.78 is 5.09. The van der Waals surface area contributed by atoms with E-state index in [4.69, 9.17) is 16.3 Å². The number of carbonyl (C=O) groups excluding carboxylic acids is 3. The number of Topliss-reactive ketones (excluding diaryl/α,β-unsaturated/α-hetero) is 1. The van der Waals surface area contributed by atoms with E-state index >= 15 is 0 Å². The number of aromatic nitrogens is 1. The molecule has 2 aromatic rings. The van der Waals surface area contributed by atoms with Crippen LogP contribution in [0.25, 0.3) is 5.76 Å². The number of hydrogen-bond acceptors (Lipinski definition) is 6. The average Bonchev–Trinajstić information content (AvgIpc) is 3.21. The zero-order chi connectivity index (χ0) is 25.2. The van der Waals surface area contributed by atoms with Gasteiger partial charge in [-0.05, 0) is 71.1 Å². The molecule has 0 radical (unpaired) electrons. The molecule has 1 amide bonds. The van der Waals surface area contributed by atoms with Crippen LogP contribution in [0.1, 0.15) is 52.3 Å². The molecular weight excluding hydrogens is 458 g/mol. The molecule has 182 valence electrons. The molecule has 1 aromatic heterocycles. The summed E-state index contributed by atoms with van der Waals surface area (Å²) >= 11 is 6.22. The summed E-state index contributed by atoms with van der Waals surface area (Å²) in [6, 6.07) is 6.10. The van der Waals surface area contributed by atoms with Gasteiger partial charge in [0, 0.05) is 22.8 Å². The highest BCUT2D eigenvalue weighted by Crippen LogP contribution is 2.41. The van der Waals surface area contributed by atoms with Crippen LogP contribution in [-0.2, 0) is 14.3 Å². The topological polar surface area (TPSA) is 103 Å². The van der Waals surface area contributed by atoms with Crippen molar-refractivity contribution in [1.29, 1.82) is 0 Å². The highest BCUT2D eigenvalue weighted by atomic mass is 35.5. The second-order valence-corrected chi connectivity index (χ2v) is 8.99. The molecule has 1 fully saturated rings. The first kappa shape index (κ1) is 25.5. The number of aliphatic hydroxyl groups is 1. The fraction of sp³-hybridized carbons (Fsp3) is 0.400. The van der Waals surface area contributed by atoms with Gasteiger partial charge in [0.25, 0.3) is 11.7 Å². The van der Waals surface area contributed by atoms with Gasteiger partial charge in [-0.3, -0.25) is 9.59 Å². The number of esters is 1. The predicted octanol–water partition coefficient (Wildman–Crippen LogP) is 3.84. The van der Waals surface area contributed by atoms with Gasteiger partial charge in [0.2, 0.25) is 0 Å². The number of rotatable bonds is 8. The minimum absolute atomic E-state index is 0.0299. The fourth-order valence-corrected chi connectivity index (χ4v) is 4.54. The number of benzene rings is 1. The quantitative estimate of drug-likeness (QED) is 0.254. The second kappa shape index (κ2) is 10.4. The molecule has 2 heterocycles. The molecule has 9 heteroatoms. The van der Waals surface area contributed by atoms with Gasteiger partial charge in [0.05, 0.1) is 18.2 Å². The molecule has 3 rings (SSSR count). The second-order valence-electron chi connectivity index (χ2n) is 8.55. The number of H-pyrrole nitrogens is 1. The monoisotopic (exact) mass is 487 g/mol. The van der Waals surface area contributed by atoms with Crippen LogP contribution in [0, 0.1) is 13.8 Å². The summed E-state index contributed by atoms with van der Waals surface area (Å²) in [6.07, 6.45) is 0.645. The normalized spacial score (nSPS) is 17.6. The van der Waals surface area contributed by atoms with Gasteiger partial charge in [-0.25, -0.2) is 4.79 Å². The maximum atomic E-state index is 13.2. The van der Waals surface area contributed by atoms with Crippen molar-refractivity contribution >= 4 is 35.0 Å². The first-order chi connectivity index (χ1) is 16.1. The van der Waals surface area contributed by atoms with Crippen LogP contribution < -0.4 is 0 Å². The summed E-state index contributed by atoms with van der Waals surface area (Å²) in [5.41, 5.74) is 2.02. The van der Waals surface area contributed by atoms with Crippen molar-refractivity contribution in [1.82, 2.24) is 14.8 Å². The number of likely N-dealkylation sites (tertiary alicyclic amines) is 1. The van der Waals surface area contributed by atoms with Crippen molar-refractivity contribution in [2.45, 2.75) is 33.2 Å². The number of hydrogen-bond donors (Lipinski definition) is 2. The van der Waals surface area contributed by atoms with Gasteiger partial charge in [-0.2, -0.15) is 0 Å². The van der Waals surface area contributed by atoms with Gasteiger partial charge in [-0.1, -0.05) is 23.7 Å². The SMILES string of the molecule is CCOC(=O)c1[nH]c(C)c(C(O)=C2C(=O)C(=O)N(CCCN(C)C)[C@H]2c2cccc(Cl)c2)c1C. The molecule has 0 saturated carbocycles. The number of ketones is 1. The number of aromatic amines is 1. The van der Waals surface area contributed by atoms with Crippen molar-refractivity contribution in [3.63, 3.8) is 0 Å². The van der Waals surface area contributed by atoms with Crippen LogP contribution >= 0.6 is 11.6 Å². The first-order valence-electron chi connectivity index (χ1n) is 11.1. The van der Waals surface area contributed by atoms with Crippen LogP contribution in [0.2, 0.25) is 5.02 Å². The lowest BCUT2D eigenvalue weighted by Gasteiger charge is -2.26. The van der Waals surface area contributed by atoms with Crippen molar-refractivity contribution in [2.75, 3.05) is 33.8 Å². The van der Waals surface area contributed by atoms with E-state index < -0.39 is 23.7 Å². The molecule has 0 spiro atoms. The zero-order valence-corrected chi connectivity index (χ0v) is 20.8. The van der Waals surface area contributed by atoms with E-state index in [2.05, 4.69) is 4.98 Å². The minimum atomic E-state index is -0.805. The highest BCUT2D eigenvalue weighted by molar-refractivity contribution is 6.46. The number of aryl methyl sites for hydroxylation is 1. The Kier molecular flexibility index (Phi) is 7.84. The van der Waals surface area contributed by atoms with E-state index in [0.29, 0.717) is 40.4 Å². The predicted molar refractivity (Wildman–Crippen MR) is 130 cm³/mol. The lowest BCUT2D eigenvalue weighted by molar-refractivity contribution is -0.139. The number of nitrogens with one attached hydrogen (secondary N) is 1. The molecule has 1 atom stereocenters. The van der Waals surface area contributed by atoms with Crippen molar-refractivity contribution in [3.05, 3.63) is 62.9 Å². The highest BCUT2D eigenvalue weighted by Gasteiger charge is 2.46.